The molecule has 258 valence electrons. The molecule has 3 N–H and O–H groups in total. The lowest BCUT2D eigenvalue weighted by Crippen LogP contribution is -2.63. The molecule has 0 aromatic heterocycles. The van der Waals surface area contributed by atoms with Gasteiger partial charge in [-0.1, -0.05) is 39.8 Å². The van der Waals surface area contributed by atoms with Gasteiger partial charge in [-0.05, 0) is 75.3 Å². The van der Waals surface area contributed by atoms with Crippen LogP contribution >= 0.6 is 0 Å². The number of alkyl carbamates (subject to hydrolysis) is 1. The Labute approximate surface area is 276 Å². The zero-order chi connectivity index (χ0) is 34.7. The fraction of sp³-hybridized carbons (Fsp3) is 0.686. The van der Waals surface area contributed by atoms with Crippen LogP contribution in [0.5, 0.6) is 5.75 Å². The van der Waals surface area contributed by atoms with E-state index in [0.717, 1.165) is 12.8 Å². The number of benzene rings is 1. The van der Waals surface area contributed by atoms with E-state index in [0.29, 0.717) is 18.4 Å². The second-order valence-electron chi connectivity index (χ2n) is 15.6. The van der Waals surface area contributed by atoms with Crippen LogP contribution < -0.4 is 15.5 Å². The van der Waals surface area contributed by atoms with Crippen molar-refractivity contribution in [3.8, 4) is 5.75 Å². The van der Waals surface area contributed by atoms with E-state index in [9.17, 15) is 24.5 Å². The summed E-state index contributed by atoms with van der Waals surface area (Å²) in [5.74, 6) is -2.21. The van der Waals surface area contributed by atoms with Crippen molar-refractivity contribution in [3.63, 3.8) is 0 Å². The van der Waals surface area contributed by atoms with E-state index in [-0.39, 0.29) is 47.7 Å². The van der Waals surface area contributed by atoms with Gasteiger partial charge in [0.25, 0.3) is 0 Å². The summed E-state index contributed by atoms with van der Waals surface area (Å²) in [6.07, 6.45) is 1.75. The van der Waals surface area contributed by atoms with Crippen LogP contribution in [0.1, 0.15) is 92.2 Å². The van der Waals surface area contributed by atoms with Gasteiger partial charge in [0.05, 0.1) is 12.2 Å². The predicted molar refractivity (Wildman–Crippen MR) is 172 cm³/mol. The van der Waals surface area contributed by atoms with Gasteiger partial charge in [0.15, 0.2) is 18.2 Å². The Hall–Kier alpha value is -2.96. The normalized spacial score (nSPS) is 36.5. The molecule has 1 aromatic rings. The fourth-order valence-corrected chi connectivity index (χ4v) is 9.01. The number of esters is 1. The molecule has 1 aromatic carbocycles. The van der Waals surface area contributed by atoms with Gasteiger partial charge in [-0.3, -0.25) is 4.79 Å². The smallest absolute Gasteiger partial charge is 0.479 e. The molecule has 0 saturated heterocycles. The van der Waals surface area contributed by atoms with Gasteiger partial charge in [-0.2, -0.15) is 0 Å². The molecule has 1 amide bonds. The van der Waals surface area contributed by atoms with Gasteiger partial charge in [-0.15, -0.1) is 6.58 Å². The average molecular weight is 658 g/mol. The molecule has 3 aliphatic carbocycles. The van der Waals surface area contributed by atoms with Gasteiger partial charge in [0.1, 0.15) is 17.5 Å². The number of aliphatic hydroxyl groups excluding tert-OH is 1. The molecular formula is C35H49BFNO9. The number of hydrogen-bond acceptors (Lipinski definition) is 9. The summed E-state index contributed by atoms with van der Waals surface area (Å²) in [7, 11) is -1.61. The SMILES string of the molecule is C=C[C@]1(C)C[C@@H](OC(=O)COc2ccc3c(c2F)B(O)OC3CNC(=O)OC(C)(C)C)[C@]2(C)[C@H](C)CC[C@]3(CCC(=O)[C@H]32)[C@@H](C)[C@@H]1O. The molecule has 4 aliphatic rings. The average Bonchev–Trinajstić information content (AvgIpc) is 3.52. The largest absolute Gasteiger partial charge is 0.495 e. The van der Waals surface area contributed by atoms with Gasteiger partial charge in [0.2, 0.25) is 0 Å². The van der Waals surface area contributed by atoms with Crippen molar-refractivity contribution >= 4 is 30.4 Å². The second kappa shape index (κ2) is 12.5. The van der Waals surface area contributed by atoms with Crippen LogP contribution in [0.3, 0.4) is 0 Å². The van der Waals surface area contributed by atoms with Crippen LogP contribution in [0.4, 0.5) is 9.18 Å². The molecule has 5 rings (SSSR count). The maximum absolute atomic E-state index is 15.6. The van der Waals surface area contributed by atoms with E-state index in [4.69, 9.17) is 18.9 Å². The molecule has 1 aliphatic heterocycles. The lowest BCUT2D eigenvalue weighted by atomic mass is 9.44. The third kappa shape index (κ3) is 6.10. The van der Waals surface area contributed by atoms with E-state index in [1.807, 2.05) is 20.8 Å². The number of carbonyl (C=O) groups is 3. The van der Waals surface area contributed by atoms with Gasteiger partial charge in [-0.25, -0.2) is 14.0 Å². The molecule has 0 radical (unpaired) electrons. The zero-order valence-corrected chi connectivity index (χ0v) is 28.6. The van der Waals surface area contributed by atoms with Gasteiger partial charge in [0, 0.05) is 35.2 Å². The number of halogens is 1. The van der Waals surface area contributed by atoms with E-state index >= 15 is 4.39 Å². The highest BCUT2D eigenvalue weighted by Gasteiger charge is 2.68. The summed E-state index contributed by atoms with van der Waals surface area (Å²) < 4.78 is 38.1. The number of amides is 1. The Morgan fingerprint density at radius 1 is 1.23 bits per heavy atom. The van der Waals surface area contributed by atoms with Crippen LogP contribution in [0.25, 0.3) is 0 Å². The number of rotatable bonds is 7. The number of hydrogen-bond donors (Lipinski definition) is 3. The Morgan fingerprint density at radius 3 is 2.60 bits per heavy atom. The Kier molecular flexibility index (Phi) is 9.40. The molecule has 1 unspecified atom stereocenters. The first-order valence-electron chi connectivity index (χ1n) is 16.7. The maximum atomic E-state index is 15.6. The van der Waals surface area contributed by atoms with Crippen LogP contribution in [-0.2, 0) is 23.7 Å². The molecule has 12 heteroatoms. The van der Waals surface area contributed by atoms with Crippen molar-refractivity contribution in [2.75, 3.05) is 13.2 Å². The number of carbonyl (C=O) groups excluding carboxylic acids is 3. The fourth-order valence-electron chi connectivity index (χ4n) is 9.01. The molecular weight excluding hydrogens is 608 g/mol. The molecule has 0 spiro atoms. The Bertz CT molecular complexity index is 1430. The first-order chi connectivity index (χ1) is 21.9. The van der Waals surface area contributed by atoms with Crippen molar-refractivity contribution in [3.05, 3.63) is 36.2 Å². The minimum absolute atomic E-state index is 0.0614. The van der Waals surface area contributed by atoms with Gasteiger partial charge >= 0.3 is 19.2 Å². The monoisotopic (exact) mass is 657 g/mol. The van der Waals surface area contributed by atoms with E-state index in [1.54, 1.807) is 26.8 Å². The van der Waals surface area contributed by atoms with Crippen molar-refractivity contribution in [2.45, 2.75) is 104 Å². The highest BCUT2D eigenvalue weighted by atomic mass is 19.1. The Morgan fingerprint density at radius 2 is 1.94 bits per heavy atom. The van der Waals surface area contributed by atoms with Gasteiger partial charge < -0.3 is 34.3 Å². The molecule has 3 saturated carbocycles. The summed E-state index contributed by atoms with van der Waals surface area (Å²) in [5, 5.41) is 24.8. The topological polar surface area (TPSA) is 141 Å². The molecule has 9 atom stereocenters. The lowest BCUT2D eigenvalue weighted by Gasteiger charge is -2.61. The summed E-state index contributed by atoms with van der Waals surface area (Å²) in [6.45, 7) is 16.6. The van der Waals surface area contributed by atoms with Crippen molar-refractivity contribution in [2.24, 2.45) is 34.0 Å². The first kappa shape index (κ1) is 35.4. The van der Waals surface area contributed by atoms with Crippen LogP contribution in [-0.4, -0.2) is 66.1 Å². The third-order valence-electron chi connectivity index (χ3n) is 11.8. The number of nitrogens with one attached hydrogen (secondary N) is 1. The molecule has 47 heavy (non-hydrogen) atoms. The van der Waals surface area contributed by atoms with E-state index in [1.165, 1.54) is 12.1 Å². The number of ether oxygens (including phenoxy) is 3. The number of aliphatic hydroxyl groups is 1. The summed E-state index contributed by atoms with van der Waals surface area (Å²) in [5.41, 5.74) is -2.40. The predicted octanol–water partition coefficient (Wildman–Crippen LogP) is 4.39. The Balaban J connectivity index is 1.33. The first-order valence-corrected chi connectivity index (χ1v) is 16.7. The zero-order valence-electron chi connectivity index (χ0n) is 28.6. The highest BCUT2D eigenvalue weighted by molar-refractivity contribution is 6.62. The maximum Gasteiger partial charge on any atom is 0.495 e. The van der Waals surface area contributed by atoms with Crippen LogP contribution in [0.15, 0.2) is 24.8 Å². The van der Waals surface area contributed by atoms with Crippen LogP contribution in [0.2, 0.25) is 0 Å². The van der Waals surface area contributed by atoms with Crippen molar-refractivity contribution in [1.29, 1.82) is 0 Å². The molecule has 2 bridgehead atoms. The standard InChI is InChI=1S/C35H49BFNO9/c1-9-33(7)16-25(34(8)19(2)12-14-35(20(3)30(33)41)15-13-22(39)29(34)35)45-26(40)18-44-23-11-10-21-24(47-36(43)27(21)28(23)37)17-38-31(42)46-32(4,5)6/h9-11,19-20,24-25,29-30,41,43H,1,12-18H2,2-8H3,(H,38,42)/t19-,20+,24?,25-,29+,30+,33-,34+,35+/m1/s1. The highest BCUT2D eigenvalue weighted by Crippen LogP contribution is 2.68. The summed E-state index contributed by atoms with van der Waals surface area (Å²) in [6, 6.07) is 2.85. The summed E-state index contributed by atoms with van der Waals surface area (Å²) in [4.78, 5) is 39.1. The third-order valence-corrected chi connectivity index (χ3v) is 11.8. The molecule has 1 heterocycles. The quantitative estimate of drug-likeness (QED) is 0.221. The lowest BCUT2D eigenvalue weighted by molar-refractivity contribution is -0.207. The van der Waals surface area contributed by atoms with E-state index < -0.39 is 71.8 Å². The van der Waals surface area contributed by atoms with Crippen LogP contribution in [0, 0.1) is 39.8 Å². The molecule has 10 nitrogen and oxygen atoms in total. The number of fused-ring (bicyclic) bond motifs is 1. The minimum Gasteiger partial charge on any atom is -0.479 e. The number of Topliss-reactive ketones (excluding diaryl/α,β-unsaturated/α-hetero) is 1. The van der Waals surface area contributed by atoms with Crippen molar-refractivity contribution < 1.29 is 47.8 Å². The second-order valence-corrected chi connectivity index (χ2v) is 15.6. The van der Waals surface area contributed by atoms with Crippen molar-refractivity contribution in [1.82, 2.24) is 5.32 Å². The minimum atomic E-state index is -1.61. The number of ketones is 1. The summed E-state index contributed by atoms with van der Waals surface area (Å²) >= 11 is 0. The molecule has 3 fully saturated rings. The van der Waals surface area contributed by atoms with E-state index in [2.05, 4.69) is 18.8 Å².